The Morgan fingerprint density at radius 3 is 2.64 bits per heavy atom. The maximum Gasteiger partial charge on any atom is 0.244 e. The average molecular weight is 469 g/mol. The number of aromatic nitrogens is 2. The Morgan fingerprint density at radius 2 is 1.93 bits per heavy atom. The number of piperidine rings is 1. The van der Waals surface area contributed by atoms with Crippen molar-refractivity contribution in [2.75, 3.05) is 24.6 Å². The SMILES string of the molecule is CCOc1ccc(Br)cc1S(=O)(=O)NCc1cc(C)nc(N2CCCCC2)n1. The fraction of sp³-hybridized carbons (Fsp3) is 0.474. The van der Waals surface area contributed by atoms with Gasteiger partial charge in [-0.15, -0.1) is 0 Å². The van der Waals surface area contributed by atoms with Gasteiger partial charge in [-0.2, -0.15) is 0 Å². The van der Waals surface area contributed by atoms with Crippen LogP contribution in [0.1, 0.15) is 37.6 Å². The first kappa shape index (κ1) is 21.0. The van der Waals surface area contributed by atoms with E-state index in [9.17, 15) is 8.42 Å². The van der Waals surface area contributed by atoms with Gasteiger partial charge in [0.15, 0.2) is 0 Å². The number of hydrogen-bond donors (Lipinski definition) is 1. The monoisotopic (exact) mass is 468 g/mol. The summed E-state index contributed by atoms with van der Waals surface area (Å²) < 4.78 is 34.5. The summed E-state index contributed by atoms with van der Waals surface area (Å²) in [6, 6.07) is 6.74. The van der Waals surface area contributed by atoms with Gasteiger partial charge in [-0.3, -0.25) is 0 Å². The maximum atomic E-state index is 12.9. The molecule has 28 heavy (non-hydrogen) atoms. The van der Waals surface area contributed by atoms with E-state index in [1.165, 1.54) is 12.5 Å². The van der Waals surface area contributed by atoms with Crippen LogP contribution in [0, 0.1) is 6.92 Å². The molecule has 2 heterocycles. The Hall–Kier alpha value is -1.71. The summed E-state index contributed by atoms with van der Waals surface area (Å²) in [6.45, 7) is 6.06. The summed E-state index contributed by atoms with van der Waals surface area (Å²) in [4.78, 5) is 11.4. The minimum Gasteiger partial charge on any atom is -0.492 e. The molecule has 0 radical (unpaired) electrons. The smallest absolute Gasteiger partial charge is 0.244 e. The number of aryl methyl sites for hydroxylation is 1. The van der Waals surface area contributed by atoms with Gasteiger partial charge in [0, 0.05) is 23.3 Å². The summed E-state index contributed by atoms with van der Waals surface area (Å²) in [5.74, 6) is 0.998. The van der Waals surface area contributed by atoms with Crippen molar-refractivity contribution in [2.24, 2.45) is 0 Å². The van der Waals surface area contributed by atoms with E-state index < -0.39 is 10.0 Å². The summed E-state index contributed by atoms with van der Waals surface area (Å²) in [5, 5.41) is 0. The molecule has 3 rings (SSSR count). The Morgan fingerprint density at radius 1 is 1.18 bits per heavy atom. The fourth-order valence-corrected chi connectivity index (χ4v) is 4.84. The Balaban J connectivity index is 1.79. The van der Waals surface area contributed by atoms with Gasteiger partial charge in [0.1, 0.15) is 10.6 Å². The molecule has 1 aliphatic rings. The third-order valence-electron chi connectivity index (χ3n) is 4.47. The molecule has 0 unspecified atom stereocenters. The van der Waals surface area contributed by atoms with Crippen molar-refractivity contribution in [3.63, 3.8) is 0 Å². The van der Waals surface area contributed by atoms with Gasteiger partial charge in [-0.1, -0.05) is 15.9 Å². The molecular weight excluding hydrogens is 444 g/mol. The second-order valence-corrected chi connectivity index (χ2v) is 9.35. The number of rotatable bonds is 7. The second kappa shape index (κ2) is 9.19. The van der Waals surface area contributed by atoms with Crippen LogP contribution in [0.3, 0.4) is 0 Å². The van der Waals surface area contributed by atoms with Crippen molar-refractivity contribution in [3.05, 3.63) is 40.1 Å². The molecule has 152 valence electrons. The zero-order valence-corrected chi connectivity index (χ0v) is 18.5. The predicted molar refractivity (Wildman–Crippen MR) is 112 cm³/mol. The molecule has 2 aromatic rings. The normalized spacial score (nSPS) is 14.9. The summed E-state index contributed by atoms with van der Waals surface area (Å²) >= 11 is 3.33. The molecule has 1 aromatic carbocycles. The Kier molecular flexibility index (Phi) is 6.90. The van der Waals surface area contributed by atoms with Gasteiger partial charge in [-0.25, -0.2) is 23.1 Å². The number of benzene rings is 1. The van der Waals surface area contributed by atoms with Crippen LogP contribution in [0.15, 0.2) is 33.6 Å². The highest BCUT2D eigenvalue weighted by atomic mass is 79.9. The highest BCUT2D eigenvalue weighted by Crippen LogP contribution is 2.27. The van der Waals surface area contributed by atoms with Crippen LogP contribution in [0.25, 0.3) is 0 Å². The molecule has 0 spiro atoms. The maximum absolute atomic E-state index is 12.9. The molecule has 1 aromatic heterocycles. The second-order valence-electron chi connectivity index (χ2n) is 6.70. The number of hydrogen-bond acceptors (Lipinski definition) is 6. The first-order valence-electron chi connectivity index (χ1n) is 9.40. The number of nitrogens with one attached hydrogen (secondary N) is 1. The lowest BCUT2D eigenvalue weighted by Gasteiger charge is -2.27. The molecule has 0 aliphatic carbocycles. The van der Waals surface area contributed by atoms with E-state index in [1.54, 1.807) is 18.2 Å². The van der Waals surface area contributed by atoms with E-state index >= 15 is 0 Å². The largest absolute Gasteiger partial charge is 0.492 e. The number of ether oxygens (including phenoxy) is 1. The van der Waals surface area contributed by atoms with Crippen LogP contribution in [-0.2, 0) is 16.6 Å². The highest BCUT2D eigenvalue weighted by Gasteiger charge is 2.21. The predicted octanol–water partition coefficient (Wildman–Crippen LogP) is 3.42. The van der Waals surface area contributed by atoms with Crippen LogP contribution >= 0.6 is 15.9 Å². The van der Waals surface area contributed by atoms with E-state index in [1.807, 2.05) is 13.8 Å². The Bertz CT molecular complexity index is 931. The average Bonchev–Trinajstić information content (AvgIpc) is 2.68. The standard InChI is InChI=1S/C19H25BrN4O3S/c1-3-27-17-8-7-15(20)12-18(17)28(25,26)21-13-16-11-14(2)22-19(23-16)24-9-5-4-6-10-24/h7-8,11-12,21H,3-6,9-10,13H2,1-2H3. The number of nitrogens with zero attached hydrogens (tertiary/aromatic N) is 3. The van der Waals surface area contributed by atoms with Crippen LogP contribution in [0.5, 0.6) is 5.75 Å². The third kappa shape index (κ3) is 5.21. The van der Waals surface area contributed by atoms with E-state index in [2.05, 4.69) is 35.5 Å². The lowest BCUT2D eigenvalue weighted by molar-refractivity contribution is 0.331. The summed E-state index contributed by atoms with van der Waals surface area (Å²) in [6.07, 6.45) is 3.48. The first-order valence-corrected chi connectivity index (χ1v) is 11.7. The van der Waals surface area contributed by atoms with Crippen molar-refractivity contribution in [3.8, 4) is 5.75 Å². The van der Waals surface area contributed by atoms with E-state index in [0.29, 0.717) is 28.5 Å². The van der Waals surface area contributed by atoms with E-state index in [-0.39, 0.29) is 11.4 Å². The van der Waals surface area contributed by atoms with Gasteiger partial charge < -0.3 is 9.64 Å². The molecule has 0 bridgehead atoms. The van der Waals surface area contributed by atoms with Crippen molar-refractivity contribution in [1.29, 1.82) is 0 Å². The van der Waals surface area contributed by atoms with Crippen molar-refractivity contribution in [1.82, 2.24) is 14.7 Å². The van der Waals surface area contributed by atoms with Crippen LogP contribution in [0.4, 0.5) is 5.95 Å². The van der Waals surface area contributed by atoms with Crippen molar-refractivity contribution in [2.45, 2.75) is 44.6 Å². The van der Waals surface area contributed by atoms with E-state index in [4.69, 9.17) is 4.74 Å². The summed E-state index contributed by atoms with van der Waals surface area (Å²) in [7, 11) is -3.76. The fourth-order valence-electron chi connectivity index (χ4n) is 3.16. The topological polar surface area (TPSA) is 84.4 Å². The van der Waals surface area contributed by atoms with Gasteiger partial charge in [0.25, 0.3) is 0 Å². The molecule has 1 N–H and O–H groups in total. The van der Waals surface area contributed by atoms with Crippen molar-refractivity contribution >= 4 is 31.9 Å². The highest BCUT2D eigenvalue weighted by molar-refractivity contribution is 9.10. The van der Waals surface area contributed by atoms with Crippen LogP contribution < -0.4 is 14.4 Å². The number of anilines is 1. The molecule has 0 amide bonds. The molecule has 1 saturated heterocycles. The van der Waals surface area contributed by atoms with Gasteiger partial charge in [-0.05, 0) is 57.4 Å². The van der Waals surface area contributed by atoms with Crippen molar-refractivity contribution < 1.29 is 13.2 Å². The number of sulfonamides is 1. The Labute approximate surface area is 174 Å². The third-order valence-corrected chi connectivity index (χ3v) is 6.39. The van der Waals surface area contributed by atoms with Gasteiger partial charge >= 0.3 is 0 Å². The molecule has 1 aliphatic heterocycles. The molecular formula is C19H25BrN4O3S. The molecule has 1 fully saturated rings. The minimum atomic E-state index is -3.76. The lowest BCUT2D eigenvalue weighted by Crippen LogP contribution is -2.32. The lowest BCUT2D eigenvalue weighted by atomic mass is 10.1. The van der Waals surface area contributed by atoms with Gasteiger partial charge in [0.05, 0.1) is 18.8 Å². The molecule has 9 heteroatoms. The minimum absolute atomic E-state index is 0.0879. The van der Waals surface area contributed by atoms with Crippen LogP contribution in [0.2, 0.25) is 0 Å². The first-order chi connectivity index (χ1) is 13.4. The zero-order valence-electron chi connectivity index (χ0n) is 16.1. The van der Waals surface area contributed by atoms with E-state index in [0.717, 1.165) is 31.6 Å². The molecule has 0 saturated carbocycles. The van der Waals surface area contributed by atoms with Gasteiger partial charge in [0.2, 0.25) is 16.0 Å². The van der Waals surface area contributed by atoms with Crippen LogP contribution in [-0.4, -0.2) is 38.1 Å². The molecule has 7 nitrogen and oxygen atoms in total. The summed E-state index contributed by atoms with van der Waals surface area (Å²) in [5.41, 5.74) is 1.46. The number of halogens is 1. The quantitative estimate of drug-likeness (QED) is 0.669. The zero-order chi connectivity index (χ0) is 20.1. The molecule has 0 atom stereocenters.